The maximum absolute atomic E-state index is 13.3. The van der Waals surface area contributed by atoms with Crippen molar-refractivity contribution >= 4 is 5.78 Å². The van der Waals surface area contributed by atoms with Gasteiger partial charge in [0.05, 0.1) is 19.8 Å². The minimum atomic E-state index is -0.330. The number of rotatable bonds is 4. The van der Waals surface area contributed by atoms with Gasteiger partial charge < -0.3 is 9.47 Å². The molecule has 0 heterocycles. The smallest absolute Gasteiger partial charge is 0.196 e. The Morgan fingerprint density at radius 2 is 1.80 bits per heavy atom. The second-order valence-electron chi connectivity index (χ2n) is 4.36. The first-order valence-corrected chi connectivity index (χ1v) is 6.09. The zero-order valence-corrected chi connectivity index (χ0v) is 11.6. The third-order valence-corrected chi connectivity index (χ3v) is 3.07. The molecule has 0 saturated carbocycles. The molecule has 4 heteroatoms. The Morgan fingerprint density at radius 3 is 2.40 bits per heavy atom. The van der Waals surface area contributed by atoms with Crippen LogP contribution in [0, 0.1) is 12.7 Å². The highest BCUT2D eigenvalue weighted by Gasteiger charge is 2.16. The Morgan fingerprint density at radius 1 is 1.05 bits per heavy atom. The predicted octanol–water partition coefficient (Wildman–Crippen LogP) is 3.38. The van der Waals surface area contributed by atoms with Crippen LogP contribution < -0.4 is 9.47 Å². The number of carbonyl (C=O) groups excluding carboxylic acids is 1. The van der Waals surface area contributed by atoms with E-state index in [9.17, 15) is 9.18 Å². The van der Waals surface area contributed by atoms with E-state index in [1.54, 1.807) is 32.2 Å². The van der Waals surface area contributed by atoms with Gasteiger partial charge >= 0.3 is 0 Å². The van der Waals surface area contributed by atoms with E-state index in [-0.39, 0.29) is 11.6 Å². The van der Waals surface area contributed by atoms with Crippen molar-refractivity contribution in [3.8, 4) is 11.5 Å². The number of hydrogen-bond acceptors (Lipinski definition) is 3. The molecule has 0 amide bonds. The van der Waals surface area contributed by atoms with Gasteiger partial charge in [-0.1, -0.05) is 0 Å². The van der Waals surface area contributed by atoms with E-state index in [4.69, 9.17) is 9.47 Å². The number of ketones is 1. The second kappa shape index (κ2) is 5.74. The molecular weight excluding hydrogens is 259 g/mol. The Labute approximate surface area is 117 Å². The summed E-state index contributed by atoms with van der Waals surface area (Å²) >= 11 is 0. The molecule has 0 N–H and O–H groups in total. The van der Waals surface area contributed by atoms with Crippen LogP contribution >= 0.6 is 0 Å². The Kier molecular flexibility index (Phi) is 4.03. The van der Waals surface area contributed by atoms with Crippen LogP contribution in [0.1, 0.15) is 21.5 Å². The standard InChI is InChI=1S/C16H15FO3/c1-10-8-11(4-7-14(10)17)16(18)13-6-5-12(19-2)9-15(13)20-3/h4-9H,1-3H3. The zero-order valence-electron chi connectivity index (χ0n) is 11.6. The second-order valence-corrected chi connectivity index (χ2v) is 4.36. The van der Waals surface area contributed by atoms with Gasteiger partial charge in [-0.25, -0.2) is 4.39 Å². The molecule has 0 atom stereocenters. The van der Waals surface area contributed by atoms with Gasteiger partial charge in [0.15, 0.2) is 5.78 Å². The van der Waals surface area contributed by atoms with E-state index < -0.39 is 0 Å². The van der Waals surface area contributed by atoms with Crippen molar-refractivity contribution < 1.29 is 18.7 Å². The van der Waals surface area contributed by atoms with Gasteiger partial charge in [0.1, 0.15) is 17.3 Å². The summed E-state index contributed by atoms with van der Waals surface area (Å²) in [6.07, 6.45) is 0. The van der Waals surface area contributed by atoms with Gasteiger partial charge in [-0.2, -0.15) is 0 Å². The molecule has 0 aliphatic carbocycles. The van der Waals surface area contributed by atoms with Crippen molar-refractivity contribution in [1.29, 1.82) is 0 Å². The van der Waals surface area contributed by atoms with Crippen LogP contribution in [0.4, 0.5) is 4.39 Å². The van der Waals surface area contributed by atoms with Crippen molar-refractivity contribution in [2.75, 3.05) is 14.2 Å². The van der Waals surface area contributed by atoms with E-state index in [2.05, 4.69) is 0 Å². The van der Waals surface area contributed by atoms with Crippen LogP contribution in [0.25, 0.3) is 0 Å². The van der Waals surface area contributed by atoms with Crippen LogP contribution in [-0.2, 0) is 0 Å². The van der Waals surface area contributed by atoms with Crippen LogP contribution in [0.2, 0.25) is 0 Å². The molecular formula is C16H15FO3. The monoisotopic (exact) mass is 274 g/mol. The third kappa shape index (κ3) is 2.64. The summed E-state index contributed by atoms with van der Waals surface area (Å²) in [7, 11) is 3.03. The SMILES string of the molecule is COc1ccc(C(=O)c2ccc(F)c(C)c2)c(OC)c1. The van der Waals surface area contributed by atoms with Gasteiger partial charge in [-0.3, -0.25) is 4.79 Å². The van der Waals surface area contributed by atoms with E-state index in [1.807, 2.05) is 0 Å². The molecule has 2 rings (SSSR count). The molecule has 0 fully saturated rings. The molecule has 0 aliphatic rings. The lowest BCUT2D eigenvalue weighted by Crippen LogP contribution is -2.05. The minimum absolute atomic E-state index is 0.215. The lowest BCUT2D eigenvalue weighted by atomic mass is 10.0. The largest absolute Gasteiger partial charge is 0.497 e. The molecule has 0 bridgehead atoms. The Balaban J connectivity index is 2.44. The summed E-state index contributed by atoms with van der Waals surface area (Å²) in [5.41, 5.74) is 1.27. The molecule has 0 radical (unpaired) electrons. The molecule has 0 spiro atoms. The fourth-order valence-electron chi connectivity index (χ4n) is 1.93. The summed E-state index contributed by atoms with van der Waals surface area (Å²) in [5, 5.41) is 0. The number of aryl methyl sites for hydroxylation is 1. The molecule has 2 aromatic carbocycles. The van der Waals surface area contributed by atoms with Crippen molar-refractivity contribution in [3.05, 3.63) is 58.9 Å². The first-order chi connectivity index (χ1) is 9.56. The molecule has 20 heavy (non-hydrogen) atoms. The first-order valence-electron chi connectivity index (χ1n) is 6.09. The number of methoxy groups -OCH3 is 2. The molecule has 2 aromatic rings. The molecule has 104 valence electrons. The maximum Gasteiger partial charge on any atom is 0.196 e. The summed E-state index contributed by atoms with van der Waals surface area (Å²) in [6, 6.07) is 9.25. The number of ether oxygens (including phenoxy) is 2. The average Bonchev–Trinajstić information content (AvgIpc) is 2.48. The lowest BCUT2D eigenvalue weighted by molar-refractivity contribution is 0.103. The number of benzene rings is 2. The van der Waals surface area contributed by atoms with E-state index in [0.717, 1.165) is 0 Å². The van der Waals surface area contributed by atoms with Gasteiger partial charge in [0.25, 0.3) is 0 Å². The maximum atomic E-state index is 13.3. The summed E-state index contributed by atoms with van der Waals surface area (Å²) < 4.78 is 23.6. The Hall–Kier alpha value is -2.36. The number of carbonyl (C=O) groups is 1. The van der Waals surface area contributed by atoms with Crippen LogP contribution in [0.3, 0.4) is 0 Å². The average molecular weight is 274 g/mol. The van der Waals surface area contributed by atoms with Crippen molar-refractivity contribution in [1.82, 2.24) is 0 Å². The van der Waals surface area contributed by atoms with Crippen LogP contribution in [0.5, 0.6) is 11.5 Å². The third-order valence-electron chi connectivity index (χ3n) is 3.07. The molecule has 0 saturated heterocycles. The summed E-state index contributed by atoms with van der Waals surface area (Å²) in [5.74, 6) is 0.487. The fourth-order valence-corrected chi connectivity index (χ4v) is 1.93. The highest BCUT2D eigenvalue weighted by atomic mass is 19.1. The predicted molar refractivity (Wildman–Crippen MR) is 74.1 cm³/mol. The molecule has 0 aliphatic heterocycles. The van der Waals surface area contributed by atoms with Gasteiger partial charge in [0.2, 0.25) is 0 Å². The van der Waals surface area contributed by atoms with E-state index >= 15 is 0 Å². The quantitative estimate of drug-likeness (QED) is 0.802. The molecule has 0 unspecified atom stereocenters. The van der Waals surface area contributed by atoms with Crippen LogP contribution in [-0.4, -0.2) is 20.0 Å². The first kappa shape index (κ1) is 14.1. The lowest BCUT2D eigenvalue weighted by Gasteiger charge is -2.10. The van der Waals surface area contributed by atoms with Crippen LogP contribution in [0.15, 0.2) is 36.4 Å². The van der Waals surface area contributed by atoms with Crippen molar-refractivity contribution in [3.63, 3.8) is 0 Å². The highest BCUT2D eigenvalue weighted by molar-refractivity contribution is 6.10. The van der Waals surface area contributed by atoms with Gasteiger partial charge in [-0.05, 0) is 42.8 Å². The van der Waals surface area contributed by atoms with Crippen molar-refractivity contribution in [2.24, 2.45) is 0 Å². The van der Waals surface area contributed by atoms with Gasteiger partial charge in [-0.15, -0.1) is 0 Å². The summed E-state index contributed by atoms with van der Waals surface area (Å²) in [4.78, 5) is 12.4. The summed E-state index contributed by atoms with van der Waals surface area (Å²) in [6.45, 7) is 1.62. The molecule has 3 nitrogen and oxygen atoms in total. The minimum Gasteiger partial charge on any atom is -0.497 e. The topological polar surface area (TPSA) is 35.5 Å². The number of hydrogen-bond donors (Lipinski definition) is 0. The van der Waals surface area contributed by atoms with Gasteiger partial charge in [0, 0.05) is 11.6 Å². The Bertz CT molecular complexity index is 650. The van der Waals surface area contributed by atoms with Crippen molar-refractivity contribution in [2.45, 2.75) is 6.92 Å². The normalized spacial score (nSPS) is 10.2. The fraction of sp³-hybridized carbons (Fsp3) is 0.188. The number of halogens is 1. The van der Waals surface area contributed by atoms with E-state index in [1.165, 1.54) is 25.3 Å². The molecule has 0 aromatic heterocycles. The zero-order chi connectivity index (χ0) is 14.7. The van der Waals surface area contributed by atoms with E-state index in [0.29, 0.717) is 28.2 Å². The highest BCUT2D eigenvalue weighted by Crippen LogP contribution is 2.27.